The van der Waals surface area contributed by atoms with Crippen molar-refractivity contribution in [3.63, 3.8) is 0 Å². The highest BCUT2D eigenvalue weighted by molar-refractivity contribution is 9.10. The number of hydrogen-bond acceptors (Lipinski definition) is 2. The van der Waals surface area contributed by atoms with E-state index in [-0.39, 0.29) is 0 Å². The van der Waals surface area contributed by atoms with Crippen molar-refractivity contribution < 1.29 is 0 Å². The molecule has 3 saturated heterocycles. The molecular weight excluding hydrogens is 264 g/mol. The van der Waals surface area contributed by atoms with E-state index in [1.54, 1.807) is 0 Å². The molecule has 3 fully saturated rings. The van der Waals surface area contributed by atoms with E-state index in [9.17, 15) is 0 Å². The van der Waals surface area contributed by atoms with Gasteiger partial charge in [0.1, 0.15) is 0 Å². The number of rotatable bonds is 3. The van der Waals surface area contributed by atoms with Crippen LogP contribution in [-0.4, -0.2) is 36.6 Å². The third-order valence-corrected chi connectivity index (χ3v) is 4.43. The highest BCUT2D eigenvalue weighted by Crippen LogP contribution is 2.22. The molecule has 4 rings (SSSR count). The summed E-state index contributed by atoms with van der Waals surface area (Å²) in [5.74, 6) is 0. The van der Waals surface area contributed by atoms with Gasteiger partial charge >= 0.3 is 0 Å². The minimum atomic E-state index is 0.776. The van der Waals surface area contributed by atoms with E-state index in [2.05, 4.69) is 50.4 Å². The Bertz CT molecular complexity index is 364. The molecule has 0 aromatic heterocycles. The molecule has 0 amide bonds. The first-order chi connectivity index (χ1) is 7.81. The maximum atomic E-state index is 3.61. The Balaban J connectivity index is 1.55. The number of hydrogen-bond donors (Lipinski definition) is 1. The molecule has 0 radical (unpaired) electrons. The lowest BCUT2D eigenvalue weighted by Crippen LogP contribution is -2.66. The summed E-state index contributed by atoms with van der Waals surface area (Å²) in [5.41, 5.74) is 1.43. The molecule has 86 valence electrons. The summed E-state index contributed by atoms with van der Waals surface area (Å²) in [6.45, 7) is 3.67. The van der Waals surface area contributed by atoms with Gasteiger partial charge in [0.25, 0.3) is 0 Å². The molecule has 3 aliphatic heterocycles. The maximum Gasteiger partial charge on any atom is 0.0213 e. The fraction of sp³-hybridized carbons (Fsp3) is 0.538. The summed E-state index contributed by atoms with van der Waals surface area (Å²) in [6, 6.07) is 10.1. The van der Waals surface area contributed by atoms with Crippen LogP contribution in [0.2, 0.25) is 0 Å². The highest BCUT2D eigenvalue weighted by atomic mass is 79.9. The predicted octanol–water partition coefficient (Wildman–Crippen LogP) is 2.04. The van der Waals surface area contributed by atoms with E-state index < -0.39 is 0 Å². The molecule has 0 spiro atoms. The van der Waals surface area contributed by atoms with Crippen LogP contribution in [0, 0.1) is 0 Å². The Labute approximate surface area is 105 Å². The van der Waals surface area contributed by atoms with Gasteiger partial charge in [0, 0.05) is 36.2 Å². The van der Waals surface area contributed by atoms with Crippen LogP contribution >= 0.6 is 15.9 Å². The number of fused-ring (bicyclic) bond motifs is 2. The molecule has 2 atom stereocenters. The van der Waals surface area contributed by atoms with Gasteiger partial charge in [-0.15, -0.1) is 0 Å². The number of halogens is 1. The first-order valence-electron chi connectivity index (χ1n) is 6.03. The van der Waals surface area contributed by atoms with Crippen LogP contribution in [0.3, 0.4) is 0 Å². The summed E-state index contributed by atoms with van der Waals surface area (Å²) in [4.78, 5) is 2.59. The van der Waals surface area contributed by atoms with Gasteiger partial charge in [-0.05, 0) is 24.5 Å². The quantitative estimate of drug-likeness (QED) is 0.912. The van der Waals surface area contributed by atoms with Crippen LogP contribution in [0.15, 0.2) is 28.7 Å². The van der Waals surface area contributed by atoms with Gasteiger partial charge in [0.2, 0.25) is 0 Å². The van der Waals surface area contributed by atoms with E-state index >= 15 is 0 Å². The maximum absolute atomic E-state index is 3.61. The molecule has 3 aliphatic rings. The van der Waals surface area contributed by atoms with Crippen LogP contribution in [0.1, 0.15) is 12.0 Å². The third kappa shape index (κ3) is 2.17. The topological polar surface area (TPSA) is 15.3 Å². The fourth-order valence-electron chi connectivity index (χ4n) is 2.77. The molecular formula is C13H17BrN2. The molecule has 1 aromatic carbocycles. The number of benzene rings is 1. The van der Waals surface area contributed by atoms with Crippen molar-refractivity contribution in [3.8, 4) is 0 Å². The number of nitrogens with zero attached hydrogens (tertiary/aromatic N) is 1. The molecule has 1 N–H and O–H groups in total. The third-order valence-electron chi connectivity index (χ3n) is 3.65. The highest BCUT2D eigenvalue weighted by Gasteiger charge is 2.35. The summed E-state index contributed by atoms with van der Waals surface area (Å²) in [6.07, 6.45) is 2.55. The Morgan fingerprint density at radius 3 is 2.62 bits per heavy atom. The van der Waals surface area contributed by atoms with Crippen molar-refractivity contribution in [3.05, 3.63) is 34.3 Å². The molecule has 3 heteroatoms. The SMILES string of the molecule is Brc1ccccc1CCN1CC2CC(C1)N2. The first-order valence-corrected chi connectivity index (χ1v) is 6.82. The van der Waals surface area contributed by atoms with E-state index in [1.807, 2.05) is 0 Å². The average Bonchev–Trinajstić information content (AvgIpc) is 2.27. The second kappa shape index (κ2) is 4.47. The van der Waals surface area contributed by atoms with Crippen molar-refractivity contribution in [2.75, 3.05) is 19.6 Å². The monoisotopic (exact) mass is 280 g/mol. The van der Waals surface area contributed by atoms with Gasteiger partial charge in [0.05, 0.1) is 0 Å². The minimum Gasteiger partial charge on any atom is -0.309 e. The summed E-state index contributed by atoms with van der Waals surface area (Å²) in [7, 11) is 0. The Hall–Kier alpha value is -0.380. The number of piperidine rings is 1. The Morgan fingerprint density at radius 1 is 1.25 bits per heavy atom. The van der Waals surface area contributed by atoms with E-state index in [0.717, 1.165) is 18.5 Å². The standard InChI is InChI=1S/C13H17BrN2/c14-13-4-2-1-3-10(13)5-6-16-8-11-7-12(9-16)15-11/h1-4,11-12,15H,5-9H2. The molecule has 0 aliphatic carbocycles. The molecule has 1 aromatic rings. The predicted molar refractivity (Wildman–Crippen MR) is 69.6 cm³/mol. The summed E-state index contributed by atoms with van der Waals surface area (Å²) in [5, 5.41) is 3.57. The lowest BCUT2D eigenvalue weighted by Gasteiger charge is -2.48. The average molecular weight is 281 g/mol. The fourth-order valence-corrected chi connectivity index (χ4v) is 3.25. The van der Waals surface area contributed by atoms with Gasteiger partial charge in [-0.3, -0.25) is 4.90 Å². The van der Waals surface area contributed by atoms with Crippen molar-refractivity contribution >= 4 is 15.9 Å². The Morgan fingerprint density at radius 2 is 1.94 bits per heavy atom. The second-order valence-corrected chi connectivity index (χ2v) is 5.75. The zero-order chi connectivity index (χ0) is 11.0. The zero-order valence-electron chi connectivity index (χ0n) is 9.32. The minimum absolute atomic E-state index is 0.776. The first kappa shape index (κ1) is 10.8. The summed E-state index contributed by atoms with van der Waals surface area (Å²) >= 11 is 3.61. The molecule has 16 heavy (non-hydrogen) atoms. The van der Waals surface area contributed by atoms with Crippen molar-refractivity contribution in [1.82, 2.24) is 10.2 Å². The van der Waals surface area contributed by atoms with Gasteiger partial charge in [-0.1, -0.05) is 34.1 Å². The smallest absolute Gasteiger partial charge is 0.0213 e. The van der Waals surface area contributed by atoms with Crippen LogP contribution in [-0.2, 0) is 6.42 Å². The van der Waals surface area contributed by atoms with Crippen LogP contribution in [0.25, 0.3) is 0 Å². The van der Waals surface area contributed by atoms with Gasteiger partial charge < -0.3 is 5.32 Å². The lowest BCUT2D eigenvalue weighted by molar-refractivity contribution is 0.0789. The molecule has 2 nitrogen and oxygen atoms in total. The number of piperazine rings is 1. The van der Waals surface area contributed by atoms with Gasteiger partial charge in [-0.25, -0.2) is 0 Å². The Kier molecular flexibility index (Phi) is 3.01. The summed E-state index contributed by atoms with van der Waals surface area (Å²) < 4.78 is 1.25. The van der Waals surface area contributed by atoms with Crippen LogP contribution in [0.4, 0.5) is 0 Å². The number of nitrogens with one attached hydrogen (secondary N) is 1. The van der Waals surface area contributed by atoms with Gasteiger partial charge in [0.15, 0.2) is 0 Å². The van der Waals surface area contributed by atoms with Crippen molar-refractivity contribution in [2.24, 2.45) is 0 Å². The lowest BCUT2D eigenvalue weighted by atomic mass is 9.91. The van der Waals surface area contributed by atoms with Crippen LogP contribution < -0.4 is 5.32 Å². The largest absolute Gasteiger partial charge is 0.309 e. The van der Waals surface area contributed by atoms with Crippen molar-refractivity contribution in [2.45, 2.75) is 24.9 Å². The second-order valence-electron chi connectivity index (χ2n) is 4.90. The van der Waals surface area contributed by atoms with E-state index in [4.69, 9.17) is 0 Å². The molecule has 2 bridgehead atoms. The van der Waals surface area contributed by atoms with Gasteiger partial charge in [-0.2, -0.15) is 0 Å². The molecule has 3 heterocycles. The molecule has 0 saturated carbocycles. The zero-order valence-corrected chi connectivity index (χ0v) is 10.9. The van der Waals surface area contributed by atoms with E-state index in [1.165, 1.54) is 36.1 Å². The van der Waals surface area contributed by atoms with E-state index in [0.29, 0.717) is 0 Å². The molecule has 2 unspecified atom stereocenters. The van der Waals surface area contributed by atoms with Crippen LogP contribution in [0.5, 0.6) is 0 Å². The van der Waals surface area contributed by atoms with Crippen molar-refractivity contribution in [1.29, 1.82) is 0 Å². The normalized spacial score (nSPS) is 28.8.